The first-order valence-corrected chi connectivity index (χ1v) is 18.0. The molecule has 4 rings (SSSR count). The number of hydrogen-bond acceptors (Lipinski definition) is 12. The summed E-state index contributed by atoms with van der Waals surface area (Å²) < 4.78 is 22.3. The maximum atomic E-state index is 12.3. The summed E-state index contributed by atoms with van der Waals surface area (Å²) >= 11 is 0. The number of nitrogens with one attached hydrogen (secondary N) is 3. The van der Waals surface area contributed by atoms with Gasteiger partial charge in [0.2, 0.25) is 17.8 Å². The molecule has 1 aliphatic rings. The third kappa shape index (κ3) is 11.7. The molecular weight excluding hydrogens is 620 g/mol. The molecule has 3 atom stereocenters. The summed E-state index contributed by atoms with van der Waals surface area (Å²) in [7, 11) is 0.0406. The van der Waals surface area contributed by atoms with E-state index in [1.165, 1.54) is 0 Å². The van der Waals surface area contributed by atoms with Crippen molar-refractivity contribution in [3.8, 4) is 0 Å². The standard InChI is InChI=1S/C34H46N6O6S/c1-5-8-20-44-29(41)25-11-15-27(16-12-25)36-32-38-31(35-19-10-22-47-23-24(4)46-34(47)43-7-3)39-33(40-32)37-28-17-13-26(14-18-28)30(42)45-21-9-6-2/h11-18,24,34H,5-10,19-23H2,1-4H3,(H2-,35,36,37,38,39,40,41,42)/p+1/t24?,34-,47?/m0/s1. The van der Waals surface area contributed by atoms with Gasteiger partial charge in [-0.15, -0.1) is 0 Å². The molecule has 0 spiro atoms. The van der Waals surface area contributed by atoms with Crippen molar-refractivity contribution < 1.29 is 28.5 Å². The van der Waals surface area contributed by atoms with Crippen molar-refractivity contribution in [2.45, 2.75) is 71.5 Å². The van der Waals surface area contributed by atoms with Crippen LogP contribution in [0.3, 0.4) is 0 Å². The first-order chi connectivity index (χ1) is 22.9. The van der Waals surface area contributed by atoms with Gasteiger partial charge in [0.15, 0.2) is 0 Å². The number of ether oxygens (including phenoxy) is 4. The lowest BCUT2D eigenvalue weighted by Crippen LogP contribution is -2.25. The normalized spacial score (nSPS) is 17.2. The molecule has 1 fully saturated rings. The minimum Gasteiger partial charge on any atom is -0.462 e. The van der Waals surface area contributed by atoms with Gasteiger partial charge in [-0.05, 0) is 75.2 Å². The zero-order chi connectivity index (χ0) is 33.4. The van der Waals surface area contributed by atoms with Crippen molar-refractivity contribution in [3.05, 3.63) is 59.7 Å². The van der Waals surface area contributed by atoms with Gasteiger partial charge < -0.3 is 34.9 Å². The van der Waals surface area contributed by atoms with Crippen LogP contribution in [-0.4, -0.2) is 76.5 Å². The van der Waals surface area contributed by atoms with Gasteiger partial charge in [0, 0.05) is 35.2 Å². The van der Waals surface area contributed by atoms with Crippen molar-refractivity contribution in [2.24, 2.45) is 0 Å². The highest BCUT2D eigenvalue weighted by atomic mass is 32.2. The van der Waals surface area contributed by atoms with E-state index in [1.54, 1.807) is 48.5 Å². The molecule has 0 amide bonds. The van der Waals surface area contributed by atoms with Crippen LogP contribution in [0.15, 0.2) is 48.5 Å². The smallest absolute Gasteiger partial charge is 0.338 e. The van der Waals surface area contributed by atoms with Gasteiger partial charge in [-0.25, -0.2) is 9.59 Å². The third-order valence-electron chi connectivity index (χ3n) is 7.08. The topological polar surface area (TPSA) is 146 Å². The van der Waals surface area contributed by atoms with E-state index in [9.17, 15) is 9.59 Å². The van der Waals surface area contributed by atoms with Crippen LogP contribution in [0.4, 0.5) is 29.2 Å². The predicted octanol–water partition coefficient (Wildman–Crippen LogP) is 6.43. The highest BCUT2D eigenvalue weighted by Gasteiger charge is 2.42. The van der Waals surface area contributed by atoms with Crippen LogP contribution >= 0.6 is 0 Å². The van der Waals surface area contributed by atoms with Crippen molar-refractivity contribution in [1.29, 1.82) is 0 Å². The van der Waals surface area contributed by atoms with E-state index in [2.05, 4.69) is 37.8 Å². The lowest BCUT2D eigenvalue weighted by Gasteiger charge is -2.13. The van der Waals surface area contributed by atoms with E-state index in [-0.39, 0.29) is 34.6 Å². The van der Waals surface area contributed by atoms with Crippen molar-refractivity contribution in [1.82, 2.24) is 15.0 Å². The Morgan fingerprint density at radius 3 is 1.79 bits per heavy atom. The number of aromatic nitrogens is 3. The third-order valence-corrected chi connectivity index (χ3v) is 9.59. The fourth-order valence-corrected chi connectivity index (χ4v) is 6.97. The Bertz CT molecular complexity index is 1330. The Balaban J connectivity index is 1.43. The quantitative estimate of drug-likeness (QED) is 0.0735. The molecule has 1 aliphatic heterocycles. The summed E-state index contributed by atoms with van der Waals surface area (Å²) in [5.41, 5.74) is 2.20. The number of unbranched alkanes of at least 4 members (excludes halogenated alkanes) is 2. The number of hydrogen-bond donors (Lipinski definition) is 3. The lowest BCUT2D eigenvalue weighted by molar-refractivity contribution is -0.0902. The van der Waals surface area contributed by atoms with Crippen LogP contribution in [0.25, 0.3) is 0 Å². The van der Waals surface area contributed by atoms with Gasteiger partial charge in [0.05, 0.1) is 30.9 Å². The largest absolute Gasteiger partial charge is 0.462 e. The van der Waals surface area contributed by atoms with Crippen LogP contribution < -0.4 is 16.0 Å². The Labute approximate surface area is 280 Å². The van der Waals surface area contributed by atoms with Gasteiger partial charge in [0.1, 0.15) is 17.6 Å². The molecular formula is C34H47N6O6S+. The zero-order valence-corrected chi connectivity index (χ0v) is 28.6. The number of carbonyl (C=O) groups excluding carboxylic acids is 2. The first-order valence-electron chi connectivity index (χ1n) is 16.4. The second kappa shape index (κ2) is 19.0. The van der Waals surface area contributed by atoms with E-state index in [4.69, 9.17) is 18.9 Å². The Hall–Kier alpha value is -3.94. The molecule has 47 heavy (non-hydrogen) atoms. The highest BCUT2D eigenvalue weighted by Crippen LogP contribution is 2.24. The van der Waals surface area contributed by atoms with Gasteiger partial charge in [-0.2, -0.15) is 15.0 Å². The van der Waals surface area contributed by atoms with Crippen molar-refractivity contribution in [2.75, 3.05) is 53.8 Å². The highest BCUT2D eigenvalue weighted by molar-refractivity contribution is 7.97. The fourth-order valence-electron chi connectivity index (χ4n) is 4.59. The molecule has 254 valence electrons. The maximum Gasteiger partial charge on any atom is 0.338 e. The summed E-state index contributed by atoms with van der Waals surface area (Å²) in [5, 5.41) is 9.75. The van der Waals surface area contributed by atoms with Crippen LogP contribution in [0.5, 0.6) is 0 Å². The number of anilines is 5. The summed E-state index contributed by atoms with van der Waals surface area (Å²) in [5.74, 6) is 2.31. The summed E-state index contributed by atoms with van der Waals surface area (Å²) in [6.07, 6.45) is 4.67. The second-order valence-electron chi connectivity index (χ2n) is 11.1. The molecule has 0 aliphatic carbocycles. The number of esters is 2. The number of nitrogens with zero attached hydrogens (tertiary/aromatic N) is 3. The first kappa shape index (κ1) is 35.9. The number of carbonyl (C=O) groups is 2. The molecule has 1 saturated heterocycles. The minimum atomic E-state index is -0.352. The Morgan fingerprint density at radius 2 is 1.30 bits per heavy atom. The molecule has 13 heteroatoms. The molecule has 2 unspecified atom stereocenters. The predicted molar refractivity (Wildman–Crippen MR) is 186 cm³/mol. The van der Waals surface area contributed by atoms with E-state index in [0.29, 0.717) is 66.7 Å². The van der Waals surface area contributed by atoms with Crippen LogP contribution in [0.1, 0.15) is 80.5 Å². The number of rotatable bonds is 19. The van der Waals surface area contributed by atoms with Gasteiger partial charge in [-0.1, -0.05) is 26.7 Å². The molecule has 0 saturated carbocycles. The van der Waals surface area contributed by atoms with Gasteiger partial charge in [0.25, 0.3) is 0 Å². The van der Waals surface area contributed by atoms with E-state index < -0.39 is 0 Å². The second-order valence-corrected chi connectivity index (χ2v) is 13.3. The van der Waals surface area contributed by atoms with Crippen molar-refractivity contribution >= 4 is 52.1 Å². The maximum absolute atomic E-state index is 12.3. The Morgan fingerprint density at radius 1 is 0.787 bits per heavy atom. The van der Waals surface area contributed by atoms with Gasteiger partial charge >= 0.3 is 17.6 Å². The van der Waals surface area contributed by atoms with E-state index >= 15 is 0 Å². The van der Waals surface area contributed by atoms with Gasteiger partial charge in [-0.3, -0.25) is 0 Å². The molecule has 1 aromatic heterocycles. The Kier molecular flexibility index (Phi) is 14.5. The molecule has 0 bridgehead atoms. The van der Waals surface area contributed by atoms with Crippen LogP contribution in [-0.2, 0) is 29.8 Å². The van der Waals surface area contributed by atoms with Crippen LogP contribution in [0, 0.1) is 0 Å². The van der Waals surface area contributed by atoms with Crippen molar-refractivity contribution in [3.63, 3.8) is 0 Å². The summed E-state index contributed by atoms with van der Waals surface area (Å²) in [6.45, 7) is 10.3. The van der Waals surface area contributed by atoms with E-state index in [0.717, 1.165) is 43.6 Å². The van der Waals surface area contributed by atoms with E-state index in [1.807, 2.05) is 20.8 Å². The zero-order valence-electron chi connectivity index (χ0n) is 27.8. The fraction of sp³-hybridized carbons (Fsp3) is 0.500. The minimum absolute atomic E-state index is 0.0406. The average Bonchev–Trinajstić information content (AvgIpc) is 3.42. The average molecular weight is 668 g/mol. The molecule has 2 heterocycles. The molecule has 12 nitrogen and oxygen atoms in total. The SMILES string of the molecule is CCCCOC(=O)c1ccc(Nc2nc(NCCC[S+]3CC(C)O[C@@H]3OCC)nc(Nc3ccc(C(=O)OCCCC)cc3)n2)cc1. The molecule has 3 aromatic rings. The molecule has 3 N–H and O–H groups in total. The molecule has 0 radical (unpaired) electrons. The summed E-state index contributed by atoms with van der Waals surface area (Å²) in [6, 6.07) is 13.9. The monoisotopic (exact) mass is 667 g/mol. The molecule has 2 aromatic carbocycles. The van der Waals surface area contributed by atoms with Crippen LogP contribution in [0.2, 0.25) is 0 Å². The summed E-state index contributed by atoms with van der Waals surface area (Å²) in [4.78, 5) is 38.4. The lowest BCUT2D eigenvalue weighted by atomic mass is 10.2. The number of benzene rings is 2.